The first-order valence-electron chi connectivity index (χ1n) is 5.98. The van der Waals surface area contributed by atoms with Crippen LogP contribution in [0.2, 0.25) is 0 Å². The SMILES string of the molecule is CCc1ccc(S(=O)(=O)NCCC(F)(F)F)cc1CO. The van der Waals surface area contributed by atoms with E-state index < -0.39 is 29.2 Å². The van der Waals surface area contributed by atoms with Gasteiger partial charge in [-0.05, 0) is 29.7 Å². The lowest BCUT2D eigenvalue weighted by Gasteiger charge is -2.11. The summed E-state index contributed by atoms with van der Waals surface area (Å²) < 4.78 is 61.5. The topological polar surface area (TPSA) is 66.4 Å². The van der Waals surface area contributed by atoms with Crippen LogP contribution < -0.4 is 4.72 Å². The molecule has 4 nitrogen and oxygen atoms in total. The maximum atomic E-state index is 12.0. The molecule has 1 aromatic rings. The molecule has 8 heteroatoms. The third-order valence-corrected chi connectivity index (χ3v) is 4.20. The summed E-state index contributed by atoms with van der Waals surface area (Å²) in [6.45, 7) is 0.815. The van der Waals surface area contributed by atoms with Crippen LogP contribution in [0.1, 0.15) is 24.5 Å². The molecule has 0 heterocycles. The van der Waals surface area contributed by atoms with Gasteiger partial charge in [0.25, 0.3) is 0 Å². The minimum atomic E-state index is -4.41. The number of aliphatic hydroxyl groups excluding tert-OH is 1. The maximum Gasteiger partial charge on any atom is 0.390 e. The lowest BCUT2D eigenvalue weighted by Crippen LogP contribution is -2.28. The highest BCUT2D eigenvalue weighted by Crippen LogP contribution is 2.20. The van der Waals surface area contributed by atoms with Gasteiger partial charge in [0.05, 0.1) is 17.9 Å². The van der Waals surface area contributed by atoms with Crippen LogP contribution in [-0.4, -0.2) is 26.2 Å². The Morgan fingerprint density at radius 1 is 1.25 bits per heavy atom. The molecule has 0 aromatic heterocycles. The summed E-state index contributed by atoms with van der Waals surface area (Å²) in [6, 6.07) is 4.13. The second kappa shape index (κ2) is 6.55. The molecule has 0 aliphatic heterocycles. The number of halogens is 3. The lowest BCUT2D eigenvalue weighted by molar-refractivity contribution is -0.132. The van der Waals surface area contributed by atoms with Crippen molar-refractivity contribution in [2.75, 3.05) is 6.54 Å². The molecule has 0 amide bonds. The van der Waals surface area contributed by atoms with Crippen LogP contribution in [0.5, 0.6) is 0 Å². The van der Waals surface area contributed by atoms with E-state index in [0.717, 1.165) is 5.56 Å². The van der Waals surface area contributed by atoms with Crippen LogP contribution in [-0.2, 0) is 23.1 Å². The second-order valence-corrected chi connectivity index (χ2v) is 5.97. The number of rotatable bonds is 6. The number of alkyl halides is 3. The van der Waals surface area contributed by atoms with Gasteiger partial charge in [-0.2, -0.15) is 13.2 Å². The number of hydrogen-bond donors (Lipinski definition) is 2. The molecular formula is C12H16F3NO3S. The normalized spacial score (nSPS) is 12.7. The highest BCUT2D eigenvalue weighted by Gasteiger charge is 2.27. The Bertz CT molecular complexity index is 556. The van der Waals surface area contributed by atoms with Gasteiger partial charge in [0.15, 0.2) is 0 Å². The fourth-order valence-corrected chi connectivity index (χ4v) is 2.75. The molecule has 0 spiro atoms. The van der Waals surface area contributed by atoms with E-state index in [1.165, 1.54) is 12.1 Å². The smallest absolute Gasteiger partial charge is 0.390 e. The van der Waals surface area contributed by atoms with E-state index in [2.05, 4.69) is 0 Å². The standard InChI is InChI=1S/C12H16F3NO3S/c1-2-9-3-4-11(7-10(9)8-17)20(18,19)16-6-5-12(13,14)15/h3-4,7,16-17H,2,5-6,8H2,1H3. The van der Waals surface area contributed by atoms with Crippen molar-refractivity contribution in [2.24, 2.45) is 0 Å². The monoisotopic (exact) mass is 311 g/mol. The Labute approximate surface area is 115 Å². The minimum Gasteiger partial charge on any atom is -0.392 e. The van der Waals surface area contributed by atoms with Gasteiger partial charge in [0, 0.05) is 6.54 Å². The second-order valence-electron chi connectivity index (χ2n) is 4.21. The van der Waals surface area contributed by atoms with E-state index in [-0.39, 0.29) is 11.5 Å². The van der Waals surface area contributed by atoms with Gasteiger partial charge in [0.2, 0.25) is 10.0 Å². The van der Waals surface area contributed by atoms with Crippen molar-refractivity contribution < 1.29 is 26.7 Å². The Hall–Kier alpha value is -1.12. The Morgan fingerprint density at radius 3 is 2.40 bits per heavy atom. The summed E-state index contributed by atoms with van der Waals surface area (Å²) in [7, 11) is -4.00. The van der Waals surface area contributed by atoms with Crippen LogP contribution in [0, 0.1) is 0 Å². The molecule has 0 fully saturated rings. The molecule has 20 heavy (non-hydrogen) atoms. The van der Waals surface area contributed by atoms with E-state index in [9.17, 15) is 21.6 Å². The molecule has 114 valence electrons. The zero-order valence-electron chi connectivity index (χ0n) is 10.9. The summed E-state index contributed by atoms with van der Waals surface area (Å²) in [4.78, 5) is -0.152. The van der Waals surface area contributed by atoms with Crippen molar-refractivity contribution in [1.82, 2.24) is 4.72 Å². The Morgan fingerprint density at radius 2 is 1.90 bits per heavy atom. The van der Waals surface area contributed by atoms with E-state index in [0.29, 0.717) is 12.0 Å². The zero-order chi connectivity index (χ0) is 15.4. The minimum absolute atomic E-state index is 0.152. The largest absolute Gasteiger partial charge is 0.392 e. The molecule has 0 aliphatic rings. The van der Waals surface area contributed by atoms with Crippen molar-refractivity contribution in [3.63, 3.8) is 0 Å². The number of sulfonamides is 1. The van der Waals surface area contributed by atoms with Gasteiger partial charge in [-0.25, -0.2) is 13.1 Å². The van der Waals surface area contributed by atoms with Gasteiger partial charge >= 0.3 is 6.18 Å². The van der Waals surface area contributed by atoms with Gasteiger partial charge in [0.1, 0.15) is 0 Å². The molecule has 0 radical (unpaired) electrons. The molecule has 0 saturated carbocycles. The van der Waals surface area contributed by atoms with Gasteiger partial charge in [-0.15, -0.1) is 0 Å². The molecule has 1 rings (SSSR count). The molecule has 0 unspecified atom stereocenters. The molecule has 0 saturated heterocycles. The number of nitrogens with one attached hydrogen (secondary N) is 1. The van der Waals surface area contributed by atoms with Gasteiger partial charge in [-0.1, -0.05) is 13.0 Å². The van der Waals surface area contributed by atoms with E-state index >= 15 is 0 Å². The predicted molar refractivity (Wildman–Crippen MR) is 67.6 cm³/mol. The molecule has 0 bridgehead atoms. The Balaban J connectivity index is 2.87. The van der Waals surface area contributed by atoms with Crippen LogP contribution in [0.4, 0.5) is 13.2 Å². The van der Waals surface area contributed by atoms with E-state index in [1.807, 2.05) is 11.6 Å². The van der Waals surface area contributed by atoms with Gasteiger partial charge in [-0.3, -0.25) is 0 Å². The van der Waals surface area contributed by atoms with Crippen LogP contribution in [0.25, 0.3) is 0 Å². The summed E-state index contributed by atoms with van der Waals surface area (Å²) in [5, 5.41) is 9.16. The third-order valence-electron chi connectivity index (χ3n) is 2.74. The van der Waals surface area contributed by atoms with Crippen molar-refractivity contribution in [3.05, 3.63) is 29.3 Å². The Kier molecular flexibility index (Phi) is 5.55. The van der Waals surface area contributed by atoms with Crippen LogP contribution in [0.15, 0.2) is 23.1 Å². The molecule has 2 N–H and O–H groups in total. The van der Waals surface area contributed by atoms with Gasteiger partial charge < -0.3 is 5.11 Å². The molecular weight excluding hydrogens is 295 g/mol. The first-order valence-corrected chi connectivity index (χ1v) is 7.47. The van der Waals surface area contributed by atoms with Crippen LogP contribution in [0.3, 0.4) is 0 Å². The van der Waals surface area contributed by atoms with Crippen molar-refractivity contribution in [3.8, 4) is 0 Å². The summed E-state index contributed by atoms with van der Waals surface area (Å²) in [5.74, 6) is 0. The average Bonchev–Trinajstić information content (AvgIpc) is 2.36. The van der Waals surface area contributed by atoms with Crippen molar-refractivity contribution in [2.45, 2.75) is 37.4 Å². The highest BCUT2D eigenvalue weighted by molar-refractivity contribution is 7.89. The van der Waals surface area contributed by atoms with Crippen molar-refractivity contribution >= 4 is 10.0 Å². The number of aryl methyl sites for hydroxylation is 1. The van der Waals surface area contributed by atoms with Crippen molar-refractivity contribution in [1.29, 1.82) is 0 Å². The first kappa shape index (κ1) is 16.9. The molecule has 0 atom stereocenters. The maximum absolute atomic E-state index is 12.0. The van der Waals surface area contributed by atoms with Crippen LogP contribution >= 0.6 is 0 Å². The third kappa shape index (κ3) is 4.77. The fraction of sp³-hybridized carbons (Fsp3) is 0.500. The number of aliphatic hydroxyl groups is 1. The summed E-state index contributed by atoms with van der Waals surface area (Å²) in [5.41, 5.74) is 1.24. The number of hydrogen-bond acceptors (Lipinski definition) is 3. The van der Waals surface area contributed by atoms with E-state index in [1.54, 1.807) is 6.07 Å². The molecule has 0 aliphatic carbocycles. The zero-order valence-corrected chi connectivity index (χ0v) is 11.7. The average molecular weight is 311 g/mol. The summed E-state index contributed by atoms with van der Waals surface area (Å²) >= 11 is 0. The molecule has 1 aromatic carbocycles. The highest BCUT2D eigenvalue weighted by atomic mass is 32.2. The quantitative estimate of drug-likeness (QED) is 0.844. The first-order chi connectivity index (χ1) is 9.19. The lowest BCUT2D eigenvalue weighted by atomic mass is 10.1. The van der Waals surface area contributed by atoms with E-state index in [4.69, 9.17) is 5.11 Å². The summed E-state index contributed by atoms with van der Waals surface area (Å²) in [6.07, 6.45) is -5.02. The fourth-order valence-electron chi connectivity index (χ4n) is 1.67. The number of benzene rings is 1. The predicted octanol–water partition coefficient (Wildman–Crippen LogP) is 1.97.